The van der Waals surface area contributed by atoms with Crippen molar-refractivity contribution in [1.82, 2.24) is 0 Å². The van der Waals surface area contributed by atoms with Gasteiger partial charge in [0.05, 0.1) is 20.8 Å². The molecule has 1 aromatic carbocycles. The maximum Gasteiger partial charge on any atom is 0.372 e. The summed E-state index contributed by atoms with van der Waals surface area (Å²) in [5, 5.41) is -0.324. The van der Waals surface area contributed by atoms with Gasteiger partial charge < -0.3 is 14.2 Å². The lowest BCUT2D eigenvalue weighted by Crippen LogP contribution is -1.96. The van der Waals surface area contributed by atoms with Crippen LogP contribution in [0, 0.1) is 0 Å². The lowest BCUT2D eigenvalue weighted by atomic mass is 10.3. The van der Waals surface area contributed by atoms with E-state index in [2.05, 4.69) is 0 Å². The highest BCUT2D eigenvalue weighted by Gasteiger charge is 2.09. The summed E-state index contributed by atoms with van der Waals surface area (Å²) < 4.78 is 15.0. The molecule has 0 N–H and O–H groups in total. The number of methoxy groups -OCH3 is 2. The number of hydrogen-bond acceptors (Lipinski definition) is 5. The van der Waals surface area contributed by atoms with Crippen LogP contribution in [0.3, 0.4) is 0 Å². The lowest BCUT2D eigenvalue weighted by Gasteiger charge is -2.08. The average molecular weight is 242 g/mol. The zero-order valence-electron chi connectivity index (χ0n) is 9.48. The van der Waals surface area contributed by atoms with Crippen molar-refractivity contribution in [2.75, 3.05) is 20.8 Å². The van der Waals surface area contributed by atoms with E-state index in [1.165, 1.54) is 0 Å². The van der Waals surface area contributed by atoms with Crippen LogP contribution in [0.25, 0.3) is 0 Å². The number of benzene rings is 1. The molecule has 0 spiro atoms. The Labute approximate surface area is 98.9 Å². The summed E-state index contributed by atoms with van der Waals surface area (Å²) in [6, 6.07) is 5.27. The van der Waals surface area contributed by atoms with E-state index in [1.54, 1.807) is 39.3 Å². The Bertz CT molecular complexity index is 365. The standard InChI is InChI=1S/C11H14O4S/c1-4-15-11(12)16-8-5-6-9(13-2)10(7-8)14-3/h5-7H,4H2,1-3H3. The van der Waals surface area contributed by atoms with Crippen molar-refractivity contribution in [3.8, 4) is 11.5 Å². The number of hydrogen-bond donors (Lipinski definition) is 0. The van der Waals surface area contributed by atoms with Gasteiger partial charge in [-0.05, 0) is 36.9 Å². The topological polar surface area (TPSA) is 44.8 Å². The van der Waals surface area contributed by atoms with Crippen molar-refractivity contribution >= 4 is 17.1 Å². The maximum absolute atomic E-state index is 11.2. The normalized spacial score (nSPS) is 9.69. The number of carbonyl (C=O) groups excluding carboxylic acids is 1. The monoisotopic (exact) mass is 242 g/mol. The summed E-state index contributed by atoms with van der Waals surface area (Å²) in [5.41, 5.74) is 0. The highest BCUT2D eigenvalue weighted by Crippen LogP contribution is 2.32. The zero-order valence-corrected chi connectivity index (χ0v) is 10.3. The first-order valence-electron chi connectivity index (χ1n) is 4.78. The summed E-state index contributed by atoms with van der Waals surface area (Å²) in [4.78, 5) is 12.0. The van der Waals surface area contributed by atoms with Gasteiger partial charge in [0, 0.05) is 4.90 Å². The molecule has 0 heterocycles. The van der Waals surface area contributed by atoms with Crippen molar-refractivity contribution in [2.45, 2.75) is 11.8 Å². The molecule has 0 fully saturated rings. The van der Waals surface area contributed by atoms with E-state index in [4.69, 9.17) is 14.2 Å². The van der Waals surface area contributed by atoms with Gasteiger partial charge in [0.15, 0.2) is 11.5 Å². The molecule has 16 heavy (non-hydrogen) atoms. The highest BCUT2D eigenvalue weighted by atomic mass is 32.2. The van der Waals surface area contributed by atoms with Gasteiger partial charge in [-0.3, -0.25) is 0 Å². The third-order valence-corrected chi connectivity index (χ3v) is 2.59. The van der Waals surface area contributed by atoms with Crippen LogP contribution in [-0.2, 0) is 4.74 Å². The first kappa shape index (κ1) is 12.7. The molecule has 0 radical (unpaired) electrons. The van der Waals surface area contributed by atoms with E-state index in [0.717, 1.165) is 16.7 Å². The van der Waals surface area contributed by atoms with E-state index < -0.39 is 0 Å². The van der Waals surface area contributed by atoms with Gasteiger partial charge in [0.1, 0.15) is 0 Å². The summed E-state index contributed by atoms with van der Waals surface area (Å²) in [5.74, 6) is 1.23. The van der Waals surface area contributed by atoms with Crippen molar-refractivity contribution < 1.29 is 19.0 Å². The molecule has 0 unspecified atom stereocenters. The largest absolute Gasteiger partial charge is 0.493 e. The fourth-order valence-electron chi connectivity index (χ4n) is 1.12. The van der Waals surface area contributed by atoms with Crippen molar-refractivity contribution in [3.05, 3.63) is 18.2 Å². The Morgan fingerprint density at radius 1 is 1.25 bits per heavy atom. The van der Waals surface area contributed by atoms with Crippen LogP contribution in [0.2, 0.25) is 0 Å². The summed E-state index contributed by atoms with van der Waals surface area (Å²) in [6.07, 6.45) is 0. The van der Waals surface area contributed by atoms with Crippen LogP contribution in [0.15, 0.2) is 23.1 Å². The number of ether oxygens (including phenoxy) is 3. The quantitative estimate of drug-likeness (QED) is 0.600. The van der Waals surface area contributed by atoms with Gasteiger partial charge in [-0.25, -0.2) is 4.79 Å². The molecule has 0 saturated heterocycles. The van der Waals surface area contributed by atoms with Crippen molar-refractivity contribution in [2.24, 2.45) is 0 Å². The van der Waals surface area contributed by atoms with Crippen LogP contribution < -0.4 is 9.47 Å². The van der Waals surface area contributed by atoms with Crippen LogP contribution >= 0.6 is 11.8 Å². The molecular formula is C11H14O4S. The van der Waals surface area contributed by atoms with Gasteiger partial charge >= 0.3 is 5.30 Å². The predicted octanol–water partition coefficient (Wildman–Crippen LogP) is 2.95. The minimum atomic E-state index is -0.324. The molecule has 0 saturated carbocycles. The number of rotatable bonds is 4. The highest BCUT2D eigenvalue weighted by molar-refractivity contribution is 8.13. The Hall–Kier alpha value is -1.36. The fourth-order valence-corrected chi connectivity index (χ4v) is 1.79. The first-order chi connectivity index (χ1) is 7.71. The van der Waals surface area contributed by atoms with Gasteiger partial charge in [0.2, 0.25) is 0 Å². The molecule has 0 bridgehead atoms. The third-order valence-electron chi connectivity index (χ3n) is 1.82. The van der Waals surface area contributed by atoms with Crippen LogP contribution in [-0.4, -0.2) is 26.1 Å². The van der Waals surface area contributed by atoms with E-state index in [9.17, 15) is 4.79 Å². The van der Waals surface area contributed by atoms with Gasteiger partial charge in [-0.15, -0.1) is 0 Å². The zero-order chi connectivity index (χ0) is 12.0. The summed E-state index contributed by atoms with van der Waals surface area (Å²) >= 11 is 1.02. The first-order valence-corrected chi connectivity index (χ1v) is 5.59. The summed E-state index contributed by atoms with van der Waals surface area (Å²) in [7, 11) is 3.12. The second-order valence-electron chi connectivity index (χ2n) is 2.80. The van der Waals surface area contributed by atoms with Crippen molar-refractivity contribution in [1.29, 1.82) is 0 Å². The second kappa shape index (κ2) is 6.27. The molecule has 0 aliphatic carbocycles. The fraction of sp³-hybridized carbons (Fsp3) is 0.364. The average Bonchev–Trinajstić information content (AvgIpc) is 2.29. The van der Waals surface area contributed by atoms with Crippen LogP contribution in [0.4, 0.5) is 4.79 Å². The third kappa shape index (κ3) is 3.34. The number of thioether (sulfide) groups is 1. The molecule has 4 nitrogen and oxygen atoms in total. The van der Waals surface area contributed by atoms with E-state index in [-0.39, 0.29) is 5.30 Å². The SMILES string of the molecule is CCOC(=O)Sc1ccc(OC)c(OC)c1. The molecule has 1 aromatic rings. The number of carbonyl (C=O) groups is 1. The predicted molar refractivity (Wildman–Crippen MR) is 62.4 cm³/mol. The van der Waals surface area contributed by atoms with Crippen molar-refractivity contribution in [3.63, 3.8) is 0 Å². The van der Waals surface area contributed by atoms with Crippen LogP contribution in [0.1, 0.15) is 6.92 Å². The molecular weight excluding hydrogens is 228 g/mol. The molecule has 0 atom stereocenters. The smallest absolute Gasteiger partial charge is 0.372 e. The minimum Gasteiger partial charge on any atom is -0.493 e. The Morgan fingerprint density at radius 3 is 2.50 bits per heavy atom. The molecule has 88 valence electrons. The molecule has 0 aromatic heterocycles. The Morgan fingerprint density at radius 2 is 1.94 bits per heavy atom. The molecule has 0 amide bonds. The van der Waals surface area contributed by atoms with Crippen LogP contribution in [0.5, 0.6) is 11.5 Å². The van der Waals surface area contributed by atoms with Gasteiger partial charge in [0.25, 0.3) is 0 Å². The van der Waals surface area contributed by atoms with Gasteiger partial charge in [-0.1, -0.05) is 0 Å². The van der Waals surface area contributed by atoms with E-state index in [1.807, 2.05) is 0 Å². The van der Waals surface area contributed by atoms with Gasteiger partial charge in [-0.2, -0.15) is 0 Å². The molecule has 1 rings (SSSR count). The Kier molecular flexibility index (Phi) is 4.98. The molecule has 0 aliphatic rings. The second-order valence-corrected chi connectivity index (χ2v) is 3.81. The molecule has 5 heteroatoms. The Balaban J connectivity index is 2.78. The summed E-state index contributed by atoms with van der Waals surface area (Å²) in [6.45, 7) is 2.15. The minimum absolute atomic E-state index is 0.324. The lowest BCUT2D eigenvalue weighted by molar-refractivity contribution is 0.181. The maximum atomic E-state index is 11.2. The van der Waals surface area contributed by atoms with E-state index >= 15 is 0 Å². The molecule has 0 aliphatic heterocycles. The van der Waals surface area contributed by atoms with E-state index in [0.29, 0.717) is 18.1 Å².